The maximum absolute atomic E-state index is 12.8. The SMILES string of the molecule is FC(F)(F)C12CC(c3ccc4ccoc4c3)(C1)C2. The molecule has 3 saturated carbocycles. The number of halogens is 3. The molecule has 0 aliphatic heterocycles. The molecule has 0 unspecified atom stereocenters. The zero-order chi connectivity index (χ0) is 12.6. The molecule has 4 heteroatoms. The summed E-state index contributed by atoms with van der Waals surface area (Å²) < 4.78 is 43.7. The van der Waals surface area contributed by atoms with Crippen molar-refractivity contribution in [1.29, 1.82) is 0 Å². The summed E-state index contributed by atoms with van der Waals surface area (Å²) in [5, 5.41) is 0.996. The van der Waals surface area contributed by atoms with E-state index in [1.807, 2.05) is 24.3 Å². The summed E-state index contributed by atoms with van der Waals surface area (Å²) in [4.78, 5) is 0. The highest BCUT2D eigenvalue weighted by molar-refractivity contribution is 5.78. The van der Waals surface area contributed by atoms with Crippen molar-refractivity contribution in [3.8, 4) is 0 Å². The van der Waals surface area contributed by atoms with Gasteiger partial charge in [0.1, 0.15) is 5.58 Å². The fourth-order valence-electron chi connectivity index (χ4n) is 3.68. The molecule has 1 nitrogen and oxygen atoms in total. The first-order valence-corrected chi connectivity index (χ1v) is 5.99. The summed E-state index contributed by atoms with van der Waals surface area (Å²) in [5.74, 6) is 0. The third-order valence-corrected chi connectivity index (χ3v) is 4.70. The van der Waals surface area contributed by atoms with Crippen molar-refractivity contribution in [3.63, 3.8) is 0 Å². The average molecular weight is 252 g/mol. The predicted molar refractivity (Wildman–Crippen MR) is 60.2 cm³/mol. The van der Waals surface area contributed by atoms with E-state index in [2.05, 4.69) is 0 Å². The summed E-state index contributed by atoms with van der Waals surface area (Å²) in [6.45, 7) is 0. The fraction of sp³-hybridized carbons (Fsp3) is 0.429. The van der Waals surface area contributed by atoms with Crippen LogP contribution in [0.5, 0.6) is 0 Å². The Morgan fingerprint density at radius 3 is 2.44 bits per heavy atom. The first-order chi connectivity index (χ1) is 8.44. The molecule has 2 bridgehead atoms. The van der Waals surface area contributed by atoms with Gasteiger partial charge in [-0.3, -0.25) is 0 Å². The van der Waals surface area contributed by atoms with Gasteiger partial charge >= 0.3 is 6.18 Å². The predicted octanol–water partition coefficient (Wildman–Crippen LogP) is 4.42. The van der Waals surface area contributed by atoms with Crippen LogP contribution in [0, 0.1) is 5.41 Å². The third-order valence-electron chi connectivity index (χ3n) is 4.70. The van der Waals surface area contributed by atoms with Gasteiger partial charge in [-0.25, -0.2) is 0 Å². The van der Waals surface area contributed by atoms with Crippen LogP contribution >= 0.6 is 0 Å². The van der Waals surface area contributed by atoms with Crippen LogP contribution in [0.3, 0.4) is 0 Å². The molecule has 3 fully saturated rings. The second-order valence-corrected chi connectivity index (χ2v) is 5.76. The van der Waals surface area contributed by atoms with Crippen molar-refractivity contribution in [2.75, 3.05) is 0 Å². The van der Waals surface area contributed by atoms with E-state index in [4.69, 9.17) is 4.42 Å². The number of furan rings is 1. The maximum Gasteiger partial charge on any atom is 0.394 e. The molecule has 18 heavy (non-hydrogen) atoms. The summed E-state index contributed by atoms with van der Waals surface area (Å²) in [7, 11) is 0. The van der Waals surface area contributed by atoms with Crippen LogP contribution < -0.4 is 0 Å². The summed E-state index contributed by atoms with van der Waals surface area (Å²) in [6, 6.07) is 7.62. The standard InChI is InChI=1S/C14H11F3O/c15-14(16,17)13-6-12(7-13,8-13)10-2-1-9-3-4-18-11(9)5-10/h1-5H,6-8H2. The monoisotopic (exact) mass is 252 g/mol. The van der Waals surface area contributed by atoms with E-state index in [-0.39, 0.29) is 24.7 Å². The molecule has 5 rings (SSSR count). The van der Waals surface area contributed by atoms with E-state index in [9.17, 15) is 13.2 Å². The van der Waals surface area contributed by atoms with Gasteiger partial charge in [0, 0.05) is 5.39 Å². The molecule has 0 saturated heterocycles. The molecule has 3 aliphatic rings. The second-order valence-electron chi connectivity index (χ2n) is 5.76. The Labute approximate surface area is 102 Å². The Kier molecular flexibility index (Phi) is 1.60. The number of benzene rings is 1. The van der Waals surface area contributed by atoms with Crippen LogP contribution in [0.25, 0.3) is 11.0 Å². The molecular formula is C14H11F3O. The molecule has 2 aromatic rings. The topological polar surface area (TPSA) is 13.1 Å². The van der Waals surface area contributed by atoms with Gasteiger partial charge < -0.3 is 4.42 Å². The molecule has 1 heterocycles. The highest BCUT2D eigenvalue weighted by Crippen LogP contribution is 2.78. The molecule has 1 aromatic carbocycles. The molecule has 94 valence electrons. The van der Waals surface area contributed by atoms with E-state index in [1.165, 1.54) is 0 Å². The van der Waals surface area contributed by atoms with Gasteiger partial charge in [0.25, 0.3) is 0 Å². The number of alkyl halides is 3. The van der Waals surface area contributed by atoms with Gasteiger partial charge in [-0.1, -0.05) is 12.1 Å². The highest BCUT2D eigenvalue weighted by atomic mass is 19.4. The smallest absolute Gasteiger partial charge is 0.394 e. The van der Waals surface area contributed by atoms with Gasteiger partial charge in [0.05, 0.1) is 11.7 Å². The normalized spacial score (nSPS) is 34.2. The molecular weight excluding hydrogens is 241 g/mol. The Balaban J connectivity index is 1.67. The summed E-state index contributed by atoms with van der Waals surface area (Å²) in [5.41, 5.74) is 0.135. The molecule has 1 aromatic heterocycles. The fourth-order valence-corrected chi connectivity index (χ4v) is 3.68. The Hall–Kier alpha value is -1.45. The lowest BCUT2D eigenvalue weighted by Crippen LogP contribution is -2.70. The van der Waals surface area contributed by atoms with Crippen molar-refractivity contribution in [2.45, 2.75) is 30.9 Å². The van der Waals surface area contributed by atoms with Crippen molar-refractivity contribution < 1.29 is 17.6 Å². The number of fused-ring (bicyclic) bond motifs is 1. The number of hydrogen-bond acceptors (Lipinski definition) is 1. The molecule has 3 aliphatic carbocycles. The van der Waals surface area contributed by atoms with E-state index >= 15 is 0 Å². The van der Waals surface area contributed by atoms with Gasteiger partial charge in [-0.2, -0.15) is 13.2 Å². The van der Waals surface area contributed by atoms with Crippen molar-refractivity contribution in [2.24, 2.45) is 5.41 Å². The largest absolute Gasteiger partial charge is 0.464 e. The Morgan fingerprint density at radius 2 is 1.78 bits per heavy atom. The molecule has 0 atom stereocenters. The van der Waals surface area contributed by atoms with Gasteiger partial charge in [0.2, 0.25) is 0 Å². The minimum absolute atomic E-state index is 0.240. The zero-order valence-electron chi connectivity index (χ0n) is 9.55. The average Bonchev–Trinajstić information content (AvgIpc) is 2.57. The molecule has 0 spiro atoms. The van der Waals surface area contributed by atoms with Crippen LogP contribution in [-0.4, -0.2) is 6.18 Å². The molecule has 0 amide bonds. The van der Waals surface area contributed by atoms with Gasteiger partial charge in [-0.15, -0.1) is 0 Å². The first kappa shape index (κ1) is 10.5. The number of rotatable bonds is 1. The quantitative estimate of drug-likeness (QED) is 0.732. The van der Waals surface area contributed by atoms with Crippen molar-refractivity contribution in [1.82, 2.24) is 0 Å². The lowest BCUT2D eigenvalue weighted by atomic mass is 9.33. The molecule has 0 radical (unpaired) electrons. The van der Waals surface area contributed by atoms with Gasteiger partial charge in [0.15, 0.2) is 0 Å². The summed E-state index contributed by atoms with van der Waals surface area (Å²) >= 11 is 0. The Bertz CT molecular complexity index is 618. The lowest BCUT2D eigenvalue weighted by Gasteiger charge is -2.70. The lowest BCUT2D eigenvalue weighted by molar-refractivity contribution is -0.337. The Morgan fingerprint density at radius 1 is 1.06 bits per heavy atom. The van der Waals surface area contributed by atoms with Crippen LogP contribution in [0.15, 0.2) is 34.9 Å². The second kappa shape index (κ2) is 2.76. The molecule has 0 N–H and O–H groups in total. The van der Waals surface area contributed by atoms with E-state index < -0.39 is 11.6 Å². The number of hydrogen-bond donors (Lipinski definition) is 0. The van der Waals surface area contributed by atoms with Crippen LogP contribution in [0.4, 0.5) is 13.2 Å². The zero-order valence-corrected chi connectivity index (χ0v) is 9.55. The van der Waals surface area contributed by atoms with Crippen molar-refractivity contribution >= 4 is 11.0 Å². The third kappa shape index (κ3) is 1.05. The summed E-state index contributed by atoms with van der Waals surface area (Å²) in [6.07, 6.45) is -1.70. The van der Waals surface area contributed by atoms with Crippen molar-refractivity contribution in [3.05, 3.63) is 36.1 Å². The first-order valence-electron chi connectivity index (χ1n) is 5.99. The van der Waals surface area contributed by atoms with Crippen LogP contribution in [-0.2, 0) is 5.41 Å². The maximum atomic E-state index is 12.8. The van der Waals surface area contributed by atoms with Crippen LogP contribution in [0.1, 0.15) is 24.8 Å². The minimum Gasteiger partial charge on any atom is -0.464 e. The van der Waals surface area contributed by atoms with E-state index in [1.54, 1.807) is 6.26 Å². The minimum atomic E-state index is -4.04. The highest BCUT2D eigenvalue weighted by Gasteiger charge is 2.78. The van der Waals surface area contributed by atoms with Gasteiger partial charge in [-0.05, 0) is 42.4 Å². The van der Waals surface area contributed by atoms with Crippen LogP contribution in [0.2, 0.25) is 0 Å². The van der Waals surface area contributed by atoms with E-state index in [0.29, 0.717) is 0 Å². The van der Waals surface area contributed by atoms with E-state index in [0.717, 1.165) is 16.5 Å².